The van der Waals surface area contributed by atoms with Crippen LogP contribution in [0.15, 0.2) is 18.3 Å². The van der Waals surface area contributed by atoms with Gasteiger partial charge in [-0.15, -0.1) is 0 Å². The highest BCUT2D eigenvalue weighted by molar-refractivity contribution is 5.78. The van der Waals surface area contributed by atoms with E-state index in [9.17, 15) is 4.79 Å². The van der Waals surface area contributed by atoms with Crippen LogP contribution in [0.25, 0.3) is 0 Å². The maximum atomic E-state index is 11.6. The summed E-state index contributed by atoms with van der Waals surface area (Å²) in [6.07, 6.45) is 1.88. The molecule has 0 radical (unpaired) electrons. The Bertz CT molecular complexity index is 278. The summed E-state index contributed by atoms with van der Waals surface area (Å²) < 4.78 is 0. The number of likely N-dealkylation sites (N-methyl/N-ethyl adjacent to an activating group) is 1. The van der Waals surface area contributed by atoms with E-state index in [1.807, 2.05) is 37.1 Å². The number of amides is 1. The quantitative estimate of drug-likeness (QED) is 0.733. The summed E-state index contributed by atoms with van der Waals surface area (Å²) in [6.45, 7) is 6.65. The molecule has 1 aromatic rings. The molecule has 1 rings (SSSR count). The van der Waals surface area contributed by atoms with Crippen molar-refractivity contribution in [3.63, 3.8) is 0 Å². The van der Waals surface area contributed by atoms with Crippen LogP contribution in [0.3, 0.4) is 0 Å². The van der Waals surface area contributed by atoms with Crippen LogP contribution in [-0.2, 0) is 11.3 Å². The smallest absolute Gasteiger partial charge is 0.236 e. The lowest BCUT2D eigenvalue weighted by atomic mass is 10.4. The summed E-state index contributed by atoms with van der Waals surface area (Å²) in [4.78, 5) is 16.5. The Morgan fingerprint density at radius 3 is 2.73 bits per heavy atom. The van der Waals surface area contributed by atoms with Crippen molar-refractivity contribution in [2.45, 2.75) is 20.4 Å². The topological polar surface area (TPSA) is 48.1 Å². The Labute approximate surface area is 90.7 Å². The van der Waals surface area contributed by atoms with E-state index in [1.54, 1.807) is 0 Å². The zero-order valence-electron chi connectivity index (χ0n) is 9.42. The Balaban J connectivity index is 2.22. The second kappa shape index (κ2) is 6.24. The summed E-state index contributed by atoms with van der Waals surface area (Å²) in [6, 6.07) is 3.94. The lowest BCUT2D eigenvalue weighted by molar-refractivity contribution is -0.129. The molecule has 4 nitrogen and oxygen atoms in total. The minimum absolute atomic E-state index is 0.159. The molecular weight excluding hydrogens is 190 g/mol. The van der Waals surface area contributed by atoms with Gasteiger partial charge in [0.15, 0.2) is 0 Å². The normalized spacial score (nSPS) is 10.3. The first-order chi connectivity index (χ1) is 7.27. The maximum Gasteiger partial charge on any atom is 0.236 e. The summed E-state index contributed by atoms with van der Waals surface area (Å²) in [5, 5.41) is 3.11. The largest absolute Gasteiger partial charge is 0.364 e. The van der Waals surface area contributed by atoms with Gasteiger partial charge in [0, 0.05) is 31.5 Å². The van der Waals surface area contributed by atoms with Crippen molar-refractivity contribution >= 4 is 5.91 Å². The average Bonchev–Trinajstić information content (AvgIpc) is 2.72. The van der Waals surface area contributed by atoms with Gasteiger partial charge in [-0.25, -0.2) is 0 Å². The van der Waals surface area contributed by atoms with Crippen molar-refractivity contribution in [2.24, 2.45) is 0 Å². The molecule has 0 aromatic carbocycles. The van der Waals surface area contributed by atoms with Crippen LogP contribution < -0.4 is 5.32 Å². The molecule has 0 aliphatic carbocycles. The molecule has 0 spiro atoms. The second-order valence-corrected chi connectivity index (χ2v) is 3.36. The van der Waals surface area contributed by atoms with Gasteiger partial charge in [0.05, 0.1) is 6.54 Å². The Morgan fingerprint density at radius 1 is 1.47 bits per heavy atom. The van der Waals surface area contributed by atoms with Crippen molar-refractivity contribution in [1.29, 1.82) is 0 Å². The van der Waals surface area contributed by atoms with Gasteiger partial charge in [0.2, 0.25) is 5.91 Å². The minimum atomic E-state index is 0.159. The molecule has 0 atom stereocenters. The third-order valence-corrected chi connectivity index (χ3v) is 2.37. The Hall–Kier alpha value is -1.29. The van der Waals surface area contributed by atoms with E-state index >= 15 is 0 Å². The molecule has 0 aliphatic rings. The predicted molar refractivity (Wildman–Crippen MR) is 60.4 cm³/mol. The number of aromatic nitrogens is 1. The molecule has 0 saturated heterocycles. The number of rotatable bonds is 6. The number of hydrogen-bond donors (Lipinski definition) is 2. The van der Waals surface area contributed by atoms with Crippen molar-refractivity contribution in [2.75, 3.05) is 19.6 Å². The maximum absolute atomic E-state index is 11.6. The van der Waals surface area contributed by atoms with E-state index < -0.39 is 0 Å². The fraction of sp³-hybridized carbons (Fsp3) is 0.545. The molecule has 4 heteroatoms. The van der Waals surface area contributed by atoms with Crippen molar-refractivity contribution in [1.82, 2.24) is 15.2 Å². The highest BCUT2D eigenvalue weighted by atomic mass is 16.2. The summed E-state index contributed by atoms with van der Waals surface area (Å²) in [5.41, 5.74) is 1.10. The molecule has 1 aromatic heterocycles. The first kappa shape index (κ1) is 11.8. The monoisotopic (exact) mass is 209 g/mol. The molecule has 0 fully saturated rings. The van der Waals surface area contributed by atoms with Gasteiger partial charge in [-0.05, 0) is 26.0 Å². The highest BCUT2D eigenvalue weighted by Crippen LogP contribution is 1.93. The van der Waals surface area contributed by atoms with Gasteiger partial charge < -0.3 is 15.2 Å². The third kappa shape index (κ3) is 3.75. The molecular formula is C11H19N3O. The Morgan fingerprint density at radius 2 is 2.20 bits per heavy atom. The van der Waals surface area contributed by atoms with E-state index in [0.29, 0.717) is 13.1 Å². The van der Waals surface area contributed by atoms with Gasteiger partial charge in [0.1, 0.15) is 0 Å². The van der Waals surface area contributed by atoms with Crippen LogP contribution in [0.4, 0.5) is 0 Å². The predicted octanol–water partition coefficient (Wildman–Crippen LogP) is 0.973. The van der Waals surface area contributed by atoms with Gasteiger partial charge in [-0.2, -0.15) is 0 Å². The zero-order valence-corrected chi connectivity index (χ0v) is 9.42. The minimum Gasteiger partial charge on any atom is -0.364 e. The highest BCUT2D eigenvalue weighted by Gasteiger charge is 2.07. The molecule has 0 saturated carbocycles. The second-order valence-electron chi connectivity index (χ2n) is 3.36. The molecule has 2 N–H and O–H groups in total. The molecule has 1 heterocycles. The van der Waals surface area contributed by atoms with Gasteiger partial charge >= 0.3 is 0 Å². The lowest BCUT2D eigenvalue weighted by Crippen LogP contribution is -2.37. The first-order valence-electron chi connectivity index (χ1n) is 5.38. The van der Waals surface area contributed by atoms with Crippen LogP contribution in [0.2, 0.25) is 0 Å². The summed E-state index contributed by atoms with van der Waals surface area (Å²) >= 11 is 0. The molecule has 1 amide bonds. The molecule has 0 unspecified atom stereocenters. The fourth-order valence-electron chi connectivity index (χ4n) is 1.47. The molecule has 0 bridgehead atoms. The number of hydrogen-bond acceptors (Lipinski definition) is 2. The summed E-state index contributed by atoms with van der Waals surface area (Å²) in [7, 11) is 0. The van der Waals surface area contributed by atoms with Crippen LogP contribution >= 0.6 is 0 Å². The number of aromatic amines is 1. The molecule has 15 heavy (non-hydrogen) atoms. The van der Waals surface area contributed by atoms with Crippen LogP contribution in [0.1, 0.15) is 19.5 Å². The number of H-pyrrole nitrogens is 1. The number of nitrogens with one attached hydrogen (secondary N) is 2. The average molecular weight is 209 g/mol. The number of carbonyl (C=O) groups excluding carboxylic acids is 1. The SMILES string of the molecule is CCN(CC)C(=O)CNCc1ccc[nH]1. The van der Waals surface area contributed by atoms with E-state index in [1.165, 1.54) is 0 Å². The first-order valence-corrected chi connectivity index (χ1v) is 5.38. The van der Waals surface area contributed by atoms with Crippen LogP contribution in [0.5, 0.6) is 0 Å². The van der Waals surface area contributed by atoms with E-state index in [-0.39, 0.29) is 5.91 Å². The van der Waals surface area contributed by atoms with Crippen LogP contribution in [-0.4, -0.2) is 35.4 Å². The number of nitrogens with zero attached hydrogens (tertiary/aromatic N) is 1. The number of carbonyl (C=O) groups is 1. The zero-order chi connectivity index (χ0) is 11.1. The van der Waals surface area contributed by atoms with Crippen molar-refractivity contribution in [3.8, 4) is 0 Å². The molecule has 0 aliphatic heterocycles. The van der Waals surface area contributed by atoms with Crippen molar-refractivity contribution in [3.05, 3.63) is 24.0 Å². The van der Waals surface area contributed by atoms with Gasteiger partial charge in [0.25, 0.3) is 0 Å². The molecule has 84 valence electrons. The van der Waals surface area contributed by atoms with E-state index in [0.717, 1.165) is 18.8 Å². The lowest BCUT2D eigenvalue weighted by Gasteiger charge is -2.18. The fourth-order valence-corrected chi connectivity index (χ4v) is 1.47. The van der Waals surface area contributed by atoms with Gasteiger partial charge in [-0.3, -0.25) is 4.79 Å². The van der Waals surface area contributed by atoms with E-state index in [4.69, 9.17) is 0 Å². The third-order valence-electron chi connectivity index (χ3n) is 2.37. The van der Waals surface area contributed by atoms with Crippen LogP contribution in [0, 0.1) is 0 Å². The van der Waals surface area contributed by atoms with E-state index in [2.05, 4.69) is 10.3 Å². The van der Waals surface area contributed by atoms with Gasteiger partial charge in [-0.1, -0.05) is 0 Å². The Kier molecular flexibility index (Phi) is 4.90. The standard InChI is InChI=1S/C11H19N3O/c1-3-14(4-2)11(15)9-12-8-10-6-5-7-13-10/h5-7,12-13H,3-4,8-9H2,1-2H3. The van der Waals surface area contributed by atoms with Crippen molar-refractivity contribution < 1.29 is 4.79 Å². The summed E-state index contributed by atoms with van der Waals surface area (Å²) in [5.74, 6) is 0.159.